The number of carbonyl (C=O) groups excluding carboxylic acids is 1. The van der Waals surface area contributed by atoms with Crippen molar-refractivity contribution in [3.8, 4) is 0 Å². The average molecular weight is 424 g/mol. The number of anilines is 1. The monoisotopic (exact) mass is 423 g/mol. The maximum absolute atomic E-state index is 13.4. The SMILES string of the molecule is O=C1NCN(c2ccccc2)C12CCN(S(=O)(=O)c1ccc(F)c(Cl)c1)CC2. The number of hydrogen-bond donors (Lipinski definition) is 1. The molecule has 6 nitrogen and oxygen atoms in total. The first-order chi connectivity index (χ1) is 13.3. The van der Waals surface area contributed by atoms with Crippen molar-refractivity contribution >= 4 is 33.2 Å². The standard InChI is InChI=1S/C19H19ClFN3O3S/c20-16-12-15(6-7-17(16)21)28(26,27)23-10-8-19(9-11-23)18(25)22-13-24(19)14-4-2-1-3-5-14/h1-7,12H,8-11,13H2,(H,22,25). The number of hydrogen-bond acceptors (Lipinski definition) is 4. The van der Waals surface area contributed by atoms with Crippen LogP contribution >= 0.6 is 11.6 Å². The lowest BCUT2D eigenvalue weighted by molar-refractivity contribution is -0.124. The van der Waals surface area contributed by atoms with Crippen LogP contribution in [0.2, 0.25) is 5.02 Å². The van der Waals surface area contributed by atoms with Crippen molar-refractivity contribution in [3.63, 3.8) is 0 Å². The Bertz CT molecular complexity index is 1010. The molecule has 2 heterocycles. The van der Waals surface area contributed by atoms with E-state index >= 15 is 0 Å². The number of rotatable bonds is 3. The summed E-state index contributed by atoms with van der Waals surface area (Å²) in [4.78, 5) is 14.6. The quantitative estimate of drug-likeness (QED) is 0.823. The molecule has 9 heteroatoms. The highest BCUT2D eigenvalue weighted by atomic mass is 35.5. The number of para-hydroxylation sites is 1. The molecule has 148 valence electrons. The van der Waals surface area contributed by atoms with E-state index in [2.05, 4.69) is 5.32 Å². The fourth-order valence-corrected chi connectivity index (χ4v) is 5.63. The second-order valence-electron chi connectivity index (χ2n) is 6.94. The van der Waals surface area contributed by atoms with Crippen molar-refractivity contribution in [2.45, 2.75) is 23.3 Å². The lowest BCUT2D eigenvalue weighted by Crippen LogP contribution is -2.57. The summed E-state index contributed by atoms with van der Waals surface area (Å²) in [6, 6.07) is 13.0. The van der Waals surface area contributed by atoms with Crippen LogP contribution in [0.3, 0.4) is 0 Å². The minimum Gasteiger partial charge on any atom is -0.339 e. The van der Waals surface area contributed by atoms with Gasteiger partial charge in [-0.05, 0) is 43.2 Å². The minimum absolute atomic E-state index is 0.0503. The number of nitrogens with zero attached hydrogens (tertiary/aromatic N) is 2. The van der Waals surface area contributed by atoms with Gasteiger partial charge in [-0.2, -0.15) is 4.31 Å². The van der Waals surface area contributed by atoms with E-state index in [1.54, 1.807) is 0 Å². The summed E-state index contributed by atoms with van der Waals surface area (Å²) in [5.74, 6) is -0.752. The Morgan fingerprint density at radius 3 is 2.39 bits per heavy atom. The average Bonchev–Trinajstić information content (AvgIpc) is 3.01. The van der Waals surface area contributed by atoms with E-state index in [9.17, 15) is 17.6 Å². The number of piperidine rings is 1. The van der Waals surface area contributed by atoms with Gasteiger partial charge in [-0.1, -0.05) is 29.8 Å². The first-order valence-electron chi connectivity index (χ1n) is 8.91. The molecule has 28 heavy (non-hydrogen) atoms. The molecule has 2 aliphatic rings. The molecule has 2 aromatic rings. The summed E-state index contributed by atoms with van der Waals surface area (Å²) in [6.45, 7) is 0.769. The highest BCUT2D eigenvalue weighted by molar-refractivity contribution is 7.89. The predicted octanol–water partition coefficient (Wildman–Crippen LogP) is 2.60. The van der Waals surface area contributed by atoms with Crippen molar-refractivity contribution in [2.75, 3.05) is 24.7 Å². The minimum atomic E-state index is -3.82. The molecular weight excluding hydrogens is 405 g/mol. The topological polar surface area (TPSA) is 69.7 Å². The molecule has 2 saturated heterocycles. The van der Waals surface area contributed by atoms with Crippen molar-refractivity contribution < 1.29 is 17.6 Å². The third-order valence-electron chi connectivity index (χ3n) is 5.48. The smallest absolute Gasteiger partial charge is 0.247 e. The Morgan fingerprint density at radius 1 is 1.07 bits per heavy atom. The van der Waals surface area contributed by atoms with E-state index in [0.29, 0.717) is 19.5 Å². The van der Waals surface area contributed by atoms with Gasteiger partial charge in [0.05, 0.1) is 16.6 Å². The molecule has 0 aliphatic carbocycles. The summed E-state index contributed by atoms with van der Waals surface area (Å²) in [5, 5.41) is 2.65. The molecule has 1 N–H and O–H groups in total. The van der Waals surface area contributed by atoms with Gasteiger partial charge in [-0.25, -0.2) is 12.8 Å². The van der Waals surface area contributed by atoms with Crippen molar-refractivity contribution in [1.82, 2.24) is 9.62 Å². The number of halogens is 2. The zero-order valence-electron chi connectivity index (χ0n) is 14.9. The normalized spacial score (nSPS) is 19.8. The zero-order valence-corrected chi connectivity index (χ0v) is 16.5. The molecule has 2 aromatic carbocycles. The van der Waals surface area contributed by atoms with Crippen LogP contribution in [0.25, 0.3) is 0 Å². The van der Waals surface area contributed by atoms with E-state index in [1.165, 1.54) is 10.4 Å². The van der Waals surface area contributed by atoms with Gasteiger partial charge in [0.1, 0.15) is 11.4 Å². The molecule has 0 aromatic heterocycles. The van der Waals surface area contributed by atoms with E-state index in [-0.39, 0.29) is 28.9 Å². The summed E-state index contributed by atoms with van der Waals surface area (Å²) in [6.07, 6.45) is 0.726. The molecule has 1 spiro atoms. The molecule has 0 bridgehead atoms. The molecule has 4 rings (SSSR count). The number of benzene rings is 2. The Labute approximate surface area is 167 Å². The number of sulfonamides is 1. The first-order valence-corrected chi connectivity index (χ1v) is 10.7. The van der Waals surface area contributed by atoms with Gasteiger partial charge in [-0.3, -0.25) is 4.79 Å². The Hall–Kier alpha value is -2.16. The van der Waals surface area contributed by atoms with Gasteiger partial charge in [0.15, 0.2) is 0 Å². The molecular formula is C19H19ClFN3O3S. The van der Waals surface area contributed by atoms with Gasteiger partial charge in [0.2, 0.25) is 15.9 Å². The second kappa shape index (κ2) is 7.02. The molecule has 0 unspecified atom stereocenters. The van der Waals surface area contributed by atoms with E-state index in [4.69, 9.17) is 11.6 Å². The van der Waals surface area contributed by atoms with Gasteiger partial charge >= 0.3 is 0 Å². The van der Waals surface area contributed by atoms with Crippen LogP contribution in [0.1, 0.15) is 12.8 Å². The maximum atomic E-state index is 13.4. The molecule has 2 aliphatic heterocycles. The van der Waals surface area contributed by atoms with E-state index in [1.807, 2.05) is 35.2 Å². The van der Waals surface area contributed by atoms with E-state index in [0.717, 1.165) is 17.8 Å². The molecule has 0 saturated carbocycles. The van der Waals surface area contributed by atoms with Crippen LogP contribution in [0, 0.1) is 5.82 Å². The largest absolute Gasteiger partial charge is 0.339 e. The van der Waals surface area contributed by atoms with Crippen LogP contribution in [-0.2, 0) is 14.8 Å². The molecule has 0 radical (unpaired) electrons. The van der Waals surface area contributed by atoms with Crippen LogP contribution in [0.4, 0.5) is 10.1 Å². The third kappa shape index (κ3) is 3.05. The van der Waals surface area contributed by atoms with Crippen molar-refractivity contribution in [3.05, 3.63) is 59.4 Å². The zero-order chi connectivity index (χ0) is 19.9. The van der Waals surface area contributed by atoms with Crippen LogP contribution < -0.4 is 10.2 Å². The van der Waals surface area contributed by atoms with Gasteiger partial charge < -0.3 is 10.2 Å². The van der Waals surface area contributed by atoms with Crippen LogP contribution in [0.5, 0.6) is 0 Å². The molecule has 2 fully saturated rings. The van der Waals surface area contributed by atoms with Crippen LogP contribution in [0.15, 0.2) is 53.4 Å². The summed E-state index contributed by atoms with van der Waals surface area (Å²) in [7, 11) is -3.82. The number of carbonyl (C=O) groups is 1. The Kier molecular flexibility index (Phi) is 4.81. The Morgan fingerprint density at radius 2 is 1.75 bits per heavy atom. The molecule has 1 amide bonds. The number of amides is 1. The fraction of sp³-hybridized carbons (Fsp3) is 0.316. The van der Waals surface area contributed by atoms with Crippen LogP contribution in [-0.4, -0.2) is 43.9 Å². The van der Waals surface area contributed by atoms with Crippen molar-refractivity contribution in [2.24, 2.45) is 0 Å². The third-order valence-corrected chi connectivity index (χ3v) is 7.67. The summed E-state index contributed by atoms with van der Waals surface area (Å²) in [5.41, 5.74) is 0.149. The van der Waals surface area contributed by atoms with Gasteiger partial charge in [0.25, 0.3) is 0 Å². The lowest BCUT2D eigenvalue weighted by Gasteiger charge is -2.42. The summed E-state index contributed by atoms with van der Waals surface area (Å²) >= 11 is 5.75. The highest BCUT2D eigenvalue weighted by Crippen LogP contribution is 2.37. The maximum Gasteiger partial charge on any atom is 0.247 e. The number of nitrogens with one attached hydrogen (secondary N) is 1. The lowest BCUT2D eigenvalue weighted by atomic mass is 9.86. The predicted molar refractivity (Wildman–Crippen MR) is 104 cm³/mol. The second-order valence-corrected chi connectivity index (χ2v) is 9.28. The fourth-order valence-electron chi connectivity index (χ4n) is 3.92. The Balaban J connectivity index is 1.58. The highest BCUT2D eigenvalue weighted by Gasteiger charge is 2.51. The van der Waals surface area contributed by atoms with E-state index < -0.39 is 21.4 Å². The summed E-state index contributed by atoms with van der Waals surface area (Å²) < 4.78 is 40.6. The van der Waals surface area contributed by atoms with Gasteiger partial charge in [0, 0.05) is 18.8 Å². The van der Waals surface area contributed by atoms with Crippen molar-refractivity contribution in [1.29, 1.82) is 0 Å². The van der Waals surface area contributed by atoms with Gasteiger partial charge in [-0.15, -0.1) is 0 Å². The first kappa shape index (κ1) is 19.2. The molecule has 0 atom stereocenters.